The molecule has 2 N–H and O–H groups in total. The van der Waals surface area contributed by atoms with Gasteiger partial charge in [-0.3, -0.25) is 0 Å². The van der Waals surface area contributed by atoms with E-state index in [4.69, 9.17) is 9.52 Å². The maximum absolute atomic E-state index is 10.6. The van der Waals surface area contributed by atoms with Crippen molar-refractivity contribution in [3.8, 4) is 0 Å². The molecule has 0 saturated heterocycles. The van der Waals surface area contributed by atoms with Crippen molar-refractivity contribution in [3.05, 3.63) is 23.7 Å². The maximum atomic E-state index is 10.6. The van der Waals surface area contributed by atoms with Gasteiger partial charge in [0.1, 0.15) is 12.0 Å². The molecule has 0 atom stereocenters. The van der Waals surface area contributed by atoms with E-state index in [9.17, 15) is 4.79 Å². The standard InChI is InChI=1S/C11H17NO3/c1-8(2)3-4-12-6-10-5-9(7-15-10)11(13)14/h5,7-8,12H,3-4,6H2,1-2H3,(H,13,14). The van der Waals surface area contributed by atoms with Gasteiger partial charge in [0.2, 0.25) is 0 Å². The predicted molar refractivity (Wildman–Crippen MR) is 56.8 cm³/mol. The first-order valence-corrected chi connectivity index (χ1v) is 5.11. The zero-order valence-electron chi connectivity index (χ0n) is 9.12. The predicted octanol–water partition coefficient (Wildman–Crippen LogP) is 2.11. The van der Waals surface area contributed by atoms with Gasteiger partial charge in [-0.1, -0.05) is 13.8 Å². The van der Waals surface area contributed by atoms with Crippen molar-refractivity contribution in [1.29, 1.82) is 0 Å². The summed E-state index contributed by atoms with van der Waals surface area (Å²) in [6.45, 7) is 5.83. The van der Waals surface area contributed by atoms with Gasteiger partial charge in [-0.25, -0.2) is 4.79 Å². The molecule has 1 heterocycles. The highest BCUT2D eigenvalue weighted by molar-refractivity contribution is 5.87. The highest BCUT2D eigenvalue weighted by atomic mass is 16.4. The summed E-state index contributed by atoms with van der Waals surface area (Å²) in [4.78, 5) is 10.6. The van der Waals surface area contributed by atoms with Crippen LogP contribution in [0.3, 0.4) is 0 Å². The van der Waals surface area contributed by atoms with Crippen LogP contribution >= 0.6 is 0 Å². The van der Waals surface area contributed by atoms with Gasteiger partial charge in [0.15, 0.2) is 0 Å². The summed E-state index contributed by atoms with van der Waals surface area (Å²) in [5, 5.41) is 11.9. The molecule has 84 valence electrons. The number of carboxylic acid groups (broad SMARTS) is 1. The highest BCUT2D eigenvalue weighted by Gasteiger charge is 2.07. The lowest BCUT2D eigenvalue weighted by atomic mass is 10.1. The second-order valence-corrected chi connectivity index (χ2v) is 3.97. The maximum Gasteiger partial charge on any atom is 0.338 e. The molecular weight excluding hydrogens is 194 g/mol. The van der Waals surface area contributed by atoms with Crippen LogP contribution in [0.1, 0.15) is 36.4 Å². The number of aromatic carboxylic acids is 1. The minimum absolute atomic E-state index is 0.204. The Balaban J connectivity index is 2.29. The van der Waals surface area contributed by atoms with E-state index in [1.165, 1.54) is 6.26 Å². The van der Waals surface area contributed by atoms with Crippen LogP contribution < -0.4 is 5.32 Å². The molecule has 0 radical (unpaired) electrons. The zero-order valence-corrected chi connectivity index (χ0v) is 9.12. The summed E-state index contributed by atoms with van der Waals surface area (Å²) in [6.07, 6.45) is 2.37. The van der Waals surface area contributed by atoms with Gasteiger partial charge in [-0.2, -0.15) is 0 Å². The molecule has 0 aliphatic carbocycles. The monoisotopic (exact) mass is 211 g/mol. The van der Waals surface area contributed by atoms with Gasteiger partial charge < -0.3 is 14.8 Å². The largest absolute Gasteiger partial charge is 0.478 e. The Kier molecular flexibility index (Phi) is 4.37. The van der Waals surface area contributed by atoms with Crippen LogP contribution in [0.4, 0.5) is 0 Å². The van der Waals surface area contributed by atoms with Crippen LogP contribution in [-0.2, 0) is 6.54 Å². The Morgan fingerprint density at radius 1 is 1.60 bits per heavy atom. The van der Waals surface area contributed by atoms with Crippen molar-refractivity contribution in [1.82, 2.24) is 5.32 Å². The first-order valence-electron chi connectivity index (χ1n) is 5.11. The highest BCUT2D eigenvalue weighted by Crippen LogP contribution is 2.07. The Hall–Kier alpha value is -1.29. The third-order valence-electron chi connectivity index (χ3n) is 2.10. The molecule has 1 rings (SSSR count). The summed E-state index contributed by atoms with van der Waals surface area (Å²) < 4.78 is 5.09. The van der Waals surface area contributed by atoms with Crippen LogP contribution in [0.25, 0.3) is 0 Å². The summed E-state index contributed by atoms with van der Waals surface area (Å²) >= 11 is 0. The lowest BCUT2D eigenvalue weighted by Gasteiger charge is -2.04. The average molecular weight is 211 g/mol. The number of carbonyl (C=O) groups is 1. The van der Waals surface area contributed by atoms with Gasteiger partial charge in [0.05, 0.1) is 12.1 Å². The molecule has 1 aromatic rings. The molecule has 0 aromatic carbocycles. The molecule has 0 amide bonds. The molecule has 4 heteroatoms. The number of furan rings is 1. The van der Waals surface area contributed by atoms with Gasteiger partial charge in [-0.15, -0.1) is 0 Å². The van der Waals surface area contributed by atoms with Gasteiger partial charge in [0.25, 0.3) is 0 Å². The second kappa shape index (κ2) is 5.56. The van der Waals surface area contributed by atoms with Crippen LogP contribution in [0, 0.1) is 5.92 Å². The molecule has 0 bridgehead atoms. The molecule has 15 heavy (non-hydrogen) atoms. The van der Waals surface area contributed by atoms with Gasteiger partial charge >= 0.3 is 5.97 Å². The van der Waals surface area contributed by atoms with E-state index in [-0.39, 0.29) is 5.56 Å². The lowest BCUT2D eigenvalue weighted by molar-refractivity contribution is 0.0696. The number of hydrogen-bond donors (Lipinski definition) is 2. The summed E-state index contributed by atoms with van der Waals surface area (Å²) in [7, 11) is 0. The van der Waals surface area contributed by atoms with Crippen molar-refractivity contribution in [3.63, 3.8) is 0 Å². The topological polar surface area (TPSA) is 62.5 Å². The van der Waals surface area contributed by atoms with Gasteiger partial charge in [0, 0.05) is 0 Å². The van der Waals surface area contributed by atoms with E-state index < -0.39 is 5.97 Å². The van der Waals surface area contributed by atoms with Crippen molar-refractivity contribution < 1.29 is 14.3 Å². The fourth-order valence-corrected chi connectivity index (χ4v) is 1.19. The van der Waals surface area contributed by atoms with Crippen LogP contribution in [0.5, 0.6) is 0 Å². The van der Waals surface area contributed by atoms with Gasteiger partial charge in [-0.05, 0) is 24.9 Å². The summed E-state index contributed by atoms with van der Waals surface area (Å²) in [5.74, 6) is 0.381. The normalized spacial score (nSPS) is 10.9. The van der Waals surface area contributed by atoms with E-state index in [0.29, 0.717) is 18.2 Å². The molecule has 0 fully saturated rings. The third-order valence-corrected chi connectivity index (χ3v) is 2.10. The first-order chi connectivity index (χ1) is 7.09. The molecule has 0 spiro atoms. The van der Waals surface area contributed by atoms with Crippen LogP contribution in [-0.4, -0.2) is 17.6 Å². The fraction of sp³-hybridized carbons (Fsp3) is 0.545. The molecule has 4 nitrogen and oxygen atoms in total. The van der Waals surface area contributed by atoms with Crippen molar-refractivity contribution in [2.24, 2.45) is 5.92 Å². The number of carboxylic acids is 1. The van der Waals surface area contributed by atoms with Crippen LogP contribution in [0.15, 0.2) is 16.7 Å². The Morgan fingerprint density at radius 2 is 2.33 bits per heavy atom. The fourth-order valence-electron chi connectivity index (χ4n) is 1.19. The minimum atomic E-state index is -0.952. The minimum Gasteiger partial charge on any atom is -0.478 e. The molecule has 0 aliphatic heterocycles. The first kappa shape index (κ1) is 11.8. The summed E-state index contributed by atoms with van der Waals surface area (Å²) in [5.41, 5.74) is 0.204. The Labute approximate surface area is 89.3 Å². The van der Waals surface area contributed by atoms with Crippen molar-refractivity contribution in [2.45, 2.75) is 26.8 Å². The quantitative estimate of drug-likeness (QED) is 0.707. The van der Waals surface area contributed by atoms with E-state index in [1.54, 1.807) is 6.07 Å². The van der Waals surface area contributed by atoms with Crippen molar-refractivity contribution in [2.75, 3.05) is 6.54 Å². The second-order valence-electron chi connectivity index (χ2n) is 3.97. The zero-order chi connectivity index (χ0) is 11.3. The average Bonchev–Trinajstić information content (AvgIpc) is 2.60. The van der Waals surface area contributed by atoms with E-state index in [0.717, 1.165) is 13.0 Å². The smallest absolute Gasteiger partial charge is 0.338 e. The number of nitrogens with one attached hydrogen (secondary N) is 1. The molecule has 0 aliphatic rings. The van der Waals surface area contributed by atoms with E-state index >= 15 is 0 Å². The molecule has 1 aromatic heterocycles. The lowest BCUT2D eigenvalue weighted by Crippen LogP contribution is -2.15. The third kappa shape index (κ3) is 4.16. The Morgan fingerprint density at radius 3 is 2.87 bits per heavy atom. The number of hydrogen-bond acceptors (Lipinski definition) is 3. The SMILES string of the molecule is CC(C)CCNCc1cc(C(=O)O)co1. The molecule has 0 saturated carbocycles. The van der Waals surface area contributed by atoms with E-state index in [2.05, 4.69) is 19.2 Å². The van der Waals surface area contributed by atoms with Crippen LogP contribution in [0.2, 0.25) is 0 Å². The summed E-state index contributed by atoms with van der Waals surface area (Å²) in [6, 6.07) is 1.55. The number of rotatable bonds is 6. The molecular formula is C11H17NO3. The molecule has 0 unspecified atom stereocenters. The van der Waals surface area contributed by atoms with Crippen molar-refractivity contribution >= 4 is 5.97 Å². The van der Waals surface area contributed by atoms with E-state index in [1.807, 2.05) is 0 Å². The Bertz CT molecular complexity index is 317.